The first-order valence-corrected chi connectivity index (χ1v) is 12.8. The Morgan fingerprint density at radius 1 is 1.00 bits per heavy atom. The highest BCUT2D eigenvalue weighted by atomic mass is 35.5. The van der Waals surface area contributed by atoms with E-state index in [1.165, 1.54) is 11.3 Å². The summed E-state index contributed by atoms with van der Waals surface area (Å²) in [5.74, 6) is 0.165. The van der Waals surface area contributed by atoms with Gasteiger partial charge in [0.25, 0.3) is 15.6 Å². The standard InChI is InChI=1S/C23H21ClN2O3S2/c24-20-8-4-16(5-9-20)3-6-18-7-10-21-19-12-17(14-26(21)23(18)27)13-25(15-19)31(28,29)22-2-1-11-30-22/h1-11,17,19H,12-15H2. The summed E-state index contributed by atoms with van der Waals surface area (Å²) in [5.41, 5.74) is 2.50. The van der Waals surface area contributed by atoms with Crippen LogP contribution in [-0.4, -0.2) is 30.4 Å². The van der Waals surface area contributed by atoms with Gasteiger partial charge < -0.3 is 4.57 Å². The maximum Gasteiger partial charge on any atom is 0.258 e. The van der Waals surface area contributed by atoms with Crippen LogP contribution in [0.5, 0.6) is 0 Å². The summed E-state index contributed by atoms with van der Waals surface area (Å²) in [7, 11) is -3.48. The van der Waals surface area contributed by atoms with Crippen molar-refractivity contribution in [3.63, 3.8) is 0 Å². The minimum Gasteiger partial charge on any atom is -0.311 e. The Labute approximate surface area is 190 Å². The van der Waals surface area contributed by atoms with Crippen LogP contribution in [0.4, 0.5) is 0 Å². The quantitative estimate of drug-likeness (QED) is 0.560. The summed E-state index contributed by atoms with van der Waals surface area (Å²) in [6, 6.07) is 14.7. The van der Waals surface area contributed by atoms with Crippen molar-refractivity contribution in [2.24, 2.45) is 5.92 Å². The van der Waals surface area contributed by atoms with Gasteiger partial charge in [-0.1, -0.05) is 35.9 Å². The van der Waals surface area contributed by atoms with Gasteiger partial charge in [0.15, 0.2) is 0 Å². The van der Waals surface area contributed by atoms with Crippen LogP contribution >= 0.6 is 22.9 Å². The molecule has 1 aromatic carbocycles. The van der Waals surface area contributed by atoms with Crippen molar-refractivity contribution >= 4 is 45.1 Å². The lowest BCUT2D eigenvalue weighted by Gasteiger charge is -2.42. The van der Waals surface area contributed by atoms with Crippen LogP contribution in [0.25, 0.3) is 12.2 Å². The number of thiophene rings is 1. The minimum absolute atomic E-state index is 0.0213. The van der Waals surface area contributed by atoms with E-state index in [2.05, 4.69) is 0 Å². The van der Waals surface area contributed by atoms with Gasteiger partial charge in [-0.15, -0.1) is 11.3 Å². The summed E-state index contributed by atoms with van der Waals surface area (Å²) in [6.07, 6.45) is 4.64. The highest BCUT2D eigenvalue weighted by Crippen LogP contribution is 2.37. The number of fused-ring (bicyclic) bond motifs is 4. The zero-order valence-electron chi connectivity index (χ0n) is 16.6. The molecule has 5 nitrogen and oxygen atoms in total. The molecule has 31 heavy (non-hydrogen) atoms. The molecule has 0 N–H and O–H groups in total. The molecule has 0 saturated carbocycles. The lowest BCUT2D eigenvalue weighted by Crippen LogP contribution is -2.49. The molecule has 2 aliphatic heterocycles. The van der Waals surface area contributed by atoms with Gasteiger partial charge in [0, 0.05) is 41.8 Å². The van der Waals surface area contributed by atoms with E-state index in [0.29, 0.717) is 34.4 Å². The zero-order chi connectivity index (χ0) is 21.6. The molecule has 0 spiro atoms. The molecule has 2 aromatic heterocycles. The SMILES string of the molecule is O=c1c(C=Cc2ccc(Cl)cc2)ccc2n1CC1CC2CN(S(=O)(=O)c2cccs2)C1. The number of benzene rings is 1. The van der Waals surface area contributed by atoms with E-state index in [-0.39, 0.29) is 17.4 Å². The zero-order valence-corrected chi connectivity index (χ0v) is 19.0. The predicted octanol–water partition coefficient (Wildman–Crippen LogP) is 4.54. The Bertz CT molecular complexity index is 1300. The van der Waals surface area contributed by atoms with E-state index in [1.54, 1.807) is 21.8 Å². The molecule has 160 valence electrons. The molecule has 2 aliphatic rings. The third kappa shape index (κ3) is 3.91. The van der Waals surface area contributed by atoms with Gasteiger partial charge in [-0.25, -0.2) is 8.42 Å². The molecule has 0 aliphatic carbocycles. The van der Waals surface area contributed by atoms with Crippen molar-refractivity contribution in [2.75, 3.05) is 13.1 Å². The molecule has 3 aromatic rings. The molecule has 0 radical (unpaired) electrons. The molecule has 8 heteroatoms. The molecule has 1 fully saturated rings. The number of sulfonamides is 1. The second-order valence-electron chi connectivity index (χ2n) is 8.07. The fraction of sp³-hybridized carbons (Fsp3) is 0.261. The second-order valence-corrected chi connectivity index (χ2v) is 11.6. The van der Waals surface area contributed by atoms with Crippen molar-refractivity contribution < 1.29 is 8.42 Å². The highest BCUT2D eigenvalue weighted by molar-refractivity contribution is 7.91. The average molecular weight is 473 g/mol. The van der Waals surface area contributed by atoms with E-state index in [1.807, 2.05) is 53.1 Å². The van der Waals surface area contributed by atoms with Gasteiger partial charge in [-0.2, -0.15) is 4.31 Å². The monoisotopic (exact) mass is 472 g/mol. The maximum absolute atomic E-state index is 13.1. The summed E-state index contributed by atoms with van der Waals surface area (Å²) < 4.78 is 29.8. The van der Waals surface area contributed by atoms with Crippen LogP contribution < -0.4 is 5.56 Å². The first-order chi connectivity index (χ1) is 14.9. The fourth-order valence-corrected chi connectivity index (χ4v) is 7.37. The number of aromatic nitrogens is 1. The van der Waals surface area contributed by atoms with Crippen LogP contribution in [0.1, 0.15) is 29.2 Å². The topological polar surface area (TPSA) is 59.4 Å². The Morgan fingerprint density at radius 2 is 1.81 bits per heavy atom. The number of piperidine rings is 1. The van der Waals surface area contributed by atoms with Crippen molar-refractivity contribution in [1.29, 1.82) is 0 Å². The largest absolute Gasteiger partial charge is 0.311 e. The maximum atomic E-state index is 13.1. The van der Waals surface area contributed by atoms with E-state index >= 15 is 0 Å². The van der Waals surface area contributed by atoms with E-state index in [0.717, 1.165) is 17.7 Å². The number of rotatable bonds is 4. The van der Waals surface area contributed by atoms with Crippen molar-refractivity contribution in [1.82, 2.24) is 8.87 Å². The molecule has 2 atom stereocenters. The Morgan fingerprint density at radius 3 is 2.55 bits per heavy atom. The first kappa shape index (κ1) is 20.7. The van der Waals surface area contributed by atoms with Crippen molar-refractivity contribution in [3.05, 3.63) is 86.1 Å². The number of hydrogen-bond donors (Lipinski definition) is 0. The summed E-state index contributed by atoms with van der Waals surface area (Å²) in [6.45, 7) is 1.41. The van der Waals surface area contributed by atoms with Crippen molar-refractivity contribution in [3.8, 4) is 0 Å². The molecule has 2 bridgehead atoms. The number of nitrogens with zero attached hydrogens (tertiary/aromatic N) is 2. The molecular formula is C23H21ClN2O3S2. The van der Waals surface area contributed by atoms with Crippen LogP contribution in [0.15, 0.2) is 62.9 Å². The van der Waals surface area contributed by atoms with Crippen molar-refractivity contribution in [2.45, 2.75) is 23.1 Å². The lowest BCUT2D eigenvalue weighted by atomic mass is 9.84. The van der Waals surface area contributed by atoms with Gasteiger partial charge in [-0.3, -0.25) is 4.79 Å². The molecule has 4 heterocycles. The second kappa shape index (κ2) is 8.06. The number of hydrogen-bond acceptors (Lipinski definition) is 4. The van der Waals surface area contributed by atoms with Crippen LogP contribution in [0.2, 0.25) is 5.02 Å². The third-order valence-corrected chi connectivity index (χ3v) is 9.47. The molecule has 0 amide bonds. The van der Waals surface area contributed by atoms with E-state index in [9.17, 15) is 13.2 Å². The summed E-state index contributed by atoms with van der Waals surface area (Å²) in [5, 5.41) is 2.46. The van der Waals surface area contributed by atoms with Crippen LogP contribution in [0.3, 0.4) is 0 Å². The van der Waals surface area contributed by atoms with Crippen LogP contribution in [0, 0.1) is 5.92 Å². The van der Waals surface area contributed by atoms with Gasteiger partial charge in [0.2, 0.25) is 0 Å². The third-order valence-electron chi connectivity index (χ3n) is 6.01. The van der Waals surface area contributed by atoms with Crippen LogP contribution in [-0.2, 0) is 16.6 Å². The summed E-state index contributed by atoms with van der Waals surface area (Å²) >= 11 is 7.18. The molecular weight excluding hydrogens is 452 g/mol. The van der Waals surface area contributed by atoms with Gasteiger partial charge >= 0.3 is 0 Å². The average Bonchev–Trinajstić information content (AvgIpc) is 3.31. The van der Waals surface area contributed by atoms with Gasteiger partial charge in [0.1, 0.15) is 4.21 Å². The lowest BCUT2D eigenvalue weighted by molar-refractivity contribution is 0.186. The normalized spacial score (nSPS) is 21.3. The smallest absolute Gasteiger partial charge is 0.258 e. The first-order valence-electron chi connectivity index (χ1n) is 10.1. The van der Waals surface area contributed by atoms with Gasteiger partial charge in [-0.05, 0) is 59.7 Å². The highest BCUT2D eigenvalue weighted by Gasteiger charge is 2.39. The van der Waals surface area contributed by atoms with Gasteiger partial charge in [0.05, 0.1) is 0 Å². The molecule has 2 unspecified atom stereocenters. The Kier molecular flexibility index (Phi) is 5.38. The fourth-order valence-electron chi connectivity index (χ4n) is 4.54. The number of pyridine rings is 1. The predicted molar refractivity (Wildman–Crippen MR) is 125 cm³/mol. The minimum atomic E-state index is -3.48. The van der Waals surface area contributed by atoms with E-state index in [4.69, 9.17) is 11.6 Å². The Balaban J connectivity index is 1.43. The van der Waals surface area contributed by atoms with E-state index < -0.39 is 10.0 Å². The molecule has 1 saturated heterocycles. The summed E-state index contributed by atoms with van der Waals surface area (Å²) in [4.78, 5) is 13.1. The Hall–Kier alpha value is -2.19. The molecule has 5 rings (SSSR count). The number of halogens is 1.